The van der Waals surface area contributed by atoms with Crippen molar-refractivity contribution in [2.24, 2.45) is 5.92 Å². The van der Waals surface area contributed by atoms with Gasteiger partial charge in [0.1, 0.15) is 6.61 Å². The summed E-state index contributed by atoms with van der Waals surface area (Å²) in [7, 11) is 0. The SMILES string of the molecule is CC1CCCC(=COCc2ccccc2)C1. The molecule has 1 aliphatic carbocycles. The van der Waals surface area contributed by atoms with Crippen LogP contribution in [0.15, 0.2) is 42.2 Å². The van der Waals surface area contributed by atoms with E-state index in [1.54, 1.807) is 0 Å². The van der Waals surface area contributed by atoms with E-state index in [2.05, 4.69) is 31.2 Å². The van der Waals surface area contributed by atoms with E-state index in [-0.39, 0.29) is 0 Å². The van der Waals surface area contributed by atoms with Crippen molar-refractivity contribution >= 4 is 0 Å². The van der Waals surface area contributed by atoms with E-state index in [1.165, 1.54) is 36.8 Å². The van der Waals surface area contributed by atoms with E-state index in [4.69, 9.17) is 4.74 Å². The molecule has 1 atom stereocenters. The molecular weight excluding hydrogens is 196 g/mol. The van der Waals surface area contributed by atoms with Gasteiger partial charge < -0.3 is 4.74 Å². The number of rotatable bonds is 3. The molecule has 86 valence electrons. The van der Waals surface area contributed by atoms with E-state index in [0.29, 0.717) is 6.61 Å². The van der Waals surface area contributed by atoms with Gasteiger partial charge in [0.25, 0.3) is 0 Å². The highest BCUT2D eigenvalue weighted by molar-refractivity contribution is 5.13. The second kappa shape index (κ2) is 5.74. The maximum Gasteiger partial charge on any atom is 0.112 e. The fourth-order valence-electron chi connectivity index (χ4n) is 2.27. The Morgan fingerprint density at radius 1 is 1.31 bits per heavy atom. The molecule has 1 aliphatic rings. The quantitative estimate of drug-likeness (QED) is 0.685. The number of allylic oxidation sites excluding steroid dienone is 1. The van der Waals surface area contributed by atoms with Crippen molar-refractivity contribution in [2.45, 2.75) is 39.2 Å². The molecular formula is C15H20O. The van der Waals surface area contributed by atoms with E-state index >= 15 is 0 Å². The van der Waals surface area contributed by atoms with Crippen LogP contribution < -0.4 is 0 Å². The molecule has 0 aromatic heterocycles. The molecule has 0 amide bonds. The Balaban J connectivity index is 1.80. The zero-order chi connectivity index (χ0) is 11.2. The van der Waals surface area contributed by atoms with Crippen LogP contribution in [-0.4, -0.2) is 0 Å². The largest absolute Gasteiger partial charge is 0.497 e. The first kappa shape index (κ1) is 11.3. The Labute approximate surface area is 98.1 Å². The second-order valence-electron chi connectivity index (χ2n) is 4.77. The molecule has 1 unspecified atom stereocenters. The monoisotopic (exact) mass is 216 g/mol. The Bertz CT molecular complexity index is 340. The Morgan fingerprint density at radius 3 is 2.88 bits per heavy atom. The van der Waals surface area contributed by atoms with Crippen LogP contribution in [0.25, 0.3) is 0 Å². The summed E-state index contributed by atoms with van der Waals surface area (Å²) in [6.45, 7) is 3.02. The highest BCUT2D eigenvalue weighted by Gasteiger charge is 2.12. The van der Waals surface area contributed by atoms with E-state index in [0.717, 1.165) is 5.92 Å². The van der Waals surface area contributed by atoms with Gasteiger partial charge in [0.05, 0.1) is 6.26 Å². The van der Waals surface area contributed by atoms with E-state index in [1.807, 2.05) is 12.3 Å². The Hall–Kier alpha value is -1.24. The average Bonchev–Trinajstić information content (AvgIpc) is 2.30. The summed E-state index contributed by atoms with van der Waals surface area (Å²) in [5, 5.41) is 0. The third kappa shape index (κ3) is 3.41. The molecule has 16 heavy (non-hydrogen) atoms. The maximum absolute atomic E-state index is 5.65. The summed E-state index contributed by atoms with van der Waals surface area (Å²) in [6.07, 6.45) is 7.12. The summed E-state index contributed by atoms with van der Waals surface area (Å²) < 4.78 is 5.65. The highest BCUT2D eigenvalue weighted by Crippen LogP contribution is 2.27. The van der Waals surface area contributed by atoms with Crippen LogP contribution >= 0.6 is 0 Å². The minimum absolute atomic E-state index is 0.693. The molecule has 0 N–H and O–H groups in total. The van der Waals surface area contributed by atoms with Crippen molar-refractivity contribution in [1.29, 1.82) is 0 Å². The van der Waals surface area contributed by atoms with Crippen molar-refractivity contribution in [3.05, 3.63) is 47.7 Å². The molecule has 0 aliphatic heterocycles. The zero-order valence-electron chi connectivity index (χ0n) is 9.99. The zero-order valence-corrected chi connectivity index (χ0v) is 9.99. The minimum Gasteiger partial charge on any atom is -0.497 e. The molecule has 0 saturated heterocycles. The molecule has 1 fully saturated rings. The van der Waals surface area contributed by atoms with Crippen LogP contribution in [0.2, 0.25) is 0 Å². The van der Waals surface area contributed by atoms with Crippen molar-refractivity contribution in [2.75, 3.05) is 0 Å². The van der Waals surface area contributed by atoms with Gasteiger partial charge in [-0.3, -0.25) is 0 Å². The summed E-state index contributed by atoms with van der Waals surface area (Å²) in [4.78, 5) is 0. The standard InChI is InChI=1S/C15H20O/c1-13-6-5-9-15(10-13)12-16-11-14-7-3-2-4-8-14/h2-4,7-8,12-13H,5-6,9-11H2,1H3. The minimum atomic E-state index is 0.693. The van der Waals surface area contributed by atoms with Gasteiger partial charge in [0.15, 0.2) is 0 Å². The fraction of sp³-hybridized carbons (Fsp3) is 0.467. The van der Waals surface area contributed by atoms with E-state index < -0.39 is 0 Å². The van der Waals surface area contributed by atoms with Gasteiger partial charge >= 0.3 is 0 Å². The van der Waals surface area contributed by atoms with Crippen LogP contribution in [0.4, 0.5) is 0 Å². The normalized spacial score (nSPS) is 23.3. The second-order valence-corrected chi connectivity index (χ2v) is 4.77. The molecule has 0 bridgehead atoms. The van der Waals surface area contributed by atoms with Gasteiger partial charge in [0.2, 0.25) is 0 Å². The predicted octanol–water partition coefficient (Wildman–Crippen LogP) is 4.30. The van der Waals surface area contributed by atoms with Crippen LogP contribution in [0.3, 0.4) is 0 Å². The lowest BCUT2D eigenvalue weighted by atomic mass is 9.87. The highest BCUT2D eigenvalue weighted by atomic mass is 16.5. The van der Waals surface area contributed by atoms with Crippen LogP contribution in [-0.2, 0) is 11.3 Å². The summed E-state index contributed by atoms with van der Waals surface area (Å²) in [6, 6.07) is 10.3. The predicted molar refractivity (Wildman–Crippen MR) is 66.9 cm³/mol. The van der Waals surface area contributed by atoms with Crippen molar-refractivity contribution < 1.29 is 4.74 Å². The molecule has 1 aromatic carbocycles. The van der Waals surface area contributed by atoms with Gasteiger partial charge in [-0.25, -0.2) is 0 Å². The molecule has 1 heteroatoms. The lowest BCUT2D eigenvalue weighted by Gasteiger charge is -2.20. The maximum atomic E-state index is 5.65. The average molecular weight is 216 g/mol. The van der Waals surface area contributed by atoms with Gasteiger partial charge in [-0.15, -0.1) is 0 Å². The number of benzene rings is 1. The molecule has 0 radical (unpaired) electrons. The smallest absolute Gasteiger partial charge is 0.112 e. The third-order valence-corrected chi connectivity index (χ3v) is 3.15. The first-order valence-electron chi connectivity index (χ1n) is 6.18. The molecule has 0 heterocycles. The van der Waals surface area contributed by atoms with Crippen LogP contribution in [0.1, 0.15) is 38.2 Å². The summed E-state index contributed by atoms with van der Waals surface area (Å²) in [5.74, 6) is 0.834. The third-order valence-electron chi connectivity index (χ3n) is 3.15. The fourth-order valence-corrected chi connectivity index (χ4v) is 2.27. The molecule has 1 nitrogen and oxygen atoms in total. The van der Waals surface area contributed by atoms with E-state index in [9.17, 15) is 0 Å². The summed E-state index contributed by atoms with van der Waals surface area (Å²) >= 11 is 0. The van der Waals surface area contributed by atoms with Crippen molar-refractivity contribution in [3.8, 4) is 0 Å². The van der Waals surface area contributed by atoms with Gasteiger partial charge in [-0.2, -0.15) is 0 Å². The number of hydrogen-bond donors (Lipinski definition) is 0. The molecule has 0 spiro atoms. The number of hydrogen-bond acceptors (Lipinski definition) is 1. The lowest BCUT2D eigenvalue weighted by Crippen LogP contribution is -2.04. The molecule has 1 saturated carbocycles. The van der Waals surface area contributed by atoms with Crippen molar-refractivity contribution in [3.63, 3.8) is 0 Å². The topological polar surface area (TPSA) is 9.23 Å². The van der Waals surface area contributed by atoms with Crippen LogP contribution in [0.5, 0.6) is 0 Å². The van der Waals surface area contributed by atoms with Gasteiger partial charge in [-0.05, 0) is 36.3 Å². The molecule has 2 rings (SSSR count). The Kier molecular flexibility index (Phi) is 4.03. The first-order chi connectivity index (χ1) is 7.84. The molecule has 1 aromatic rings. The summed E-state index contributed by atoms with van der Waals surface area (Å²) in [5.41, 5.74) is 2.72. The number of ether oxygens (including phenoxy) is 1. The lowest BCUT2D eigenvalue weighted by molar-refractivity contribution is 0.228. The Morgan fingerprint density at radius 2 is 2.12 bits per heavy atom. The first-order valence-corrected chi connectivity index (χ1v) is 6.18. The van der Waals surface area contributed by atoms with Crippen molar-refractivity contribution in [1.82, 2.24) is 0 Å². The van der Waals surface area contributed by atoms with Gasteiger partial charge in [-0.1, -0.05) is 43.7 Å². The van der Waals surface area contributed by atoms with Crippen LogP contribution in [0, 0.1) is 5.92 Å². The van der Waals surface area contributed by atoms with Gasteiger partial charge in [0, 0.05) is 0 Å².